The van der Waals surface area contributed by atoms with Crippen molar-refractivity contribution >= 4 is 5.91 Å². The van der Waals surface area contributed by atoms with E-state index in [1.165, 1.54) is 0 Å². The van der Waals surface area contributed by atoms with Gasteiger partial charge in [0.2, 0.25) is 5.91 Å². The molecule has 2 atom stereocenters. The van der Waals surface area contributed by atoms with E-state index in [0.29, 0.717) is 19.5 Å². The summed E-state index contributed by atoms with van der Waals surface area (Å²) in [5.74, 6) is -1.48. The summed E-state index contributed by atoms with van der Waals surface area (Å²) in [6, 6.07) is -0.485. The second-order valence-electron chi connectivity index (χ2n) is 4.84. The summed E-state index contributed by atoms with van der Waals surface area (Å²) in [7, 11) is 0. The summed E-state index contributed by atoms with van der Waals surface area (Å²) < 4.78 is 38.0. The molecule has 1 amide bonds. The summed E-state index contributed by atoms with van der Waals surface area (Å²) in [4.78, 5) is 13.4. The van der Waals surface area contributed by atoms with E-state index in [0.717, 1.165) is 6.42 Å². The van der Waals surface area contributed by atoms with Gasteiger partial charge in [-0.2, -0.15) is 13.2 Å². The van der Waals surface area contributed by atoms with Crippen LogP contribution >= 0.6 is 0 Å². The Labute approximate surface area is 106 Å². The van der Waals surface area contributed by atoms with Crippen LogP contribution in [0.15, 0.2) is 0 Å². The van der Waals surface area contributed by atoms with Crippen LogP contribution in [-0.2, 0) is 4.79 Å². The quantitative estimate of drug-likeness (QED) is 0.846. The van der Waals surface area contributed by atoms with Crippen molar-refractivity contribution in [2.45, 2.75) is 45.3 Å². The molecule has 1 heterocycles. The Balaban J connectivity index is 2.53. The molecule has 1 aliphatic heterocycles. The van der Waals surface area contributed by atoms with Gasteiger partial charge in [0, 0.05) is 13.1 Å². The van der Waals surface area contributed by atoms with Gasteiger partial charge in [0.1, 0.15) is 0 Å². The lowest BCUT2D eigenvalue weighted by Crippen LogP contribution is -2.51. The second-order valence-corrected chi connectivity index (χ2v) is 4.84. The van der Waals surface area contributed by atoms with Gasteiger partial charge in [-0.25, -0.2) is 0 Å². The number of nitrogens with zero attached hydrogens (tertiary/aromatic N) is 1. The summed E-state index contributed by atoms with van der Waals surface area (Å²) in [6.45, 7) is 4.67. The van der Waals surface area contributed by atoms with Crippen molar-refractivity contribution in [3.8, 4) is 0 Å². The van der Waals surface area contributed by atoms with Crippen LogP contribution in [0.4, 0.5) is 13.2 Å². The van der Waals surface area contributed by atoms with Gasteiger partial charge in [-0.3, -0.25) is 9.69 Å². The Morgan fingerprint density at radius 1 is 1.50 bits per heavy atom. The standard InChI is InChI=1S/C12H21F3N2O/c1-3-6-16-11(18)9(2)17-7-4-5-10(8-17)12(13,14)15/h9-10H,3-8H2,1-2H3,(H,16,18). The molecule has 0 radical (unpaired) electrons. The fraction of sp³-hybridized carbons (Fsp3) is 0.917. The van der Waals surface area contributed by atoms with Crippen LogP contribution in [0.25, 0.3) is 0 Å². The number of alkyl halides is 3. The minimum Gasteiger partial charge on any atom is -0.355 e. The van der Waals surface area contributed by atoms with Gasteiger partial charge in [0.15, 0.2) is 0 Å². The molecule has 6 heteroatoms. The number of hydrogen-bond acceptors (Lipinski definition) is 2. The van der Waals surface area contributed by atoms with Crippen LogP contribution < -0.4 is 5.32 Å². The third-order valence-corrected chi connectivity index (χ3v) is 3.39. The number of amides is 1. The highest BCUT2D eigenvalue weighted by Crippen LogP contribution is 2.33. The maximum absolute atomic E-state index is 12.7. The van der Waals surface area contributed by atoms with E-state index >= 15 is 0 Å². The number of halogens is 3. The van der Waals surface area contributed by atoms with Crippen LogP contribution in [0, 0.1) is 5.92 Å². The topological polar surface area (TPSA) is 32.3 Å². The molecule has 0 spiro atoms. The maximum Gasteiger partial charge on any atom is 0.393 e. The third kappa shape index (κ3) is 4.15. The van der Waals surface area contributed by atoms with E-state index in [9.17, 15) is 18.0 Å². The van der Waals surface area contributed by atoms with Crippen molar-refractivity contribution in [3.05, 3.63) is 0 Å². The van der Waals surface area contributed by atoms with E-state index in [1.807, 2.05) is 6.92 Å². The lowest BCUT2D eigenvalue weighted by atomic mass is 9.96. The molecule has 0 aromatic carbocycles. The predicted molar refractivity (Wildman–Crippen MR) is 63.1 cm³/mol. The lowest BCUT2D eigenvalue weighted by Gasteiger charge is -2.36. The number of likely N-dealkylation sites (tertiary alicyclic amines) is 1. The van der Waals surface area contributed by atoms with Gasteiger partial charge in [-0.05, 0) is 32.7 Å². The summed E-state index contributed by atoms with van der Waals surface area (Å²) in [6.07, 6.45) is -2.67. The van der Waals surface area contributed by atoms with E-state index in [4.69, 9.17) is 0 Å². The number of piperidine rings is 1. The Hall–Kier alpha value is -0.780. The zero-order chi connectivity index (χ0) is 13.8. The number of nitrogens with one attached hydrogen (secondary N) is 1. The molecule has 1 saturated heterocycles. The minimum atomic E-state index is -4.15. The molecule has 0 saturated carbocycles. The SMILES string of the molecule is CCCNC(=O)C(C)N1CCCC(C(F)(F)F)C1. The smallest absolute Gasteiger partial charge is 0.355 e. The fourth-order valence-electron chi connectivity index (χ4n) is 2.19. The molecule has 1 aliphatic rings. The van der Waals surface area contributed by atoms with Gasteiger partial charge in [-0.1, -0.05) is 6.92 Å². The molecular weight excluding hydrogens is 245 g/mol. The van der Waals surface area contributed by atoms with Crippen molar-refractivity contribution in [2.24, 2.45) is 5.92 Å². The van der Waals surface area contributed by atoms with E-state index in [-0.39, 0.29) is 18.9 Å². The van der Waals surface area contributed by atoms with Crippen LogP contribution in [-0.4, -0.2) is 42.7 Å². The van der Waals surface area contributed by atoms with Crippen molar-refractivity contribution in [1.29, 1.82) is 0 Å². The molecule has 0 aliphatic carbocycles. The fourth-order valence-corrected chi connectivity index (χ4v) is 2.19. The number of carbonyl (C=O) groups excluding carboxylic acids is 1. The lowest BCUT2D eigenvalue weighted by molar-refractivity contribution is -0.188. The highest BCUT2D eigenvalue weighted by molar-refractivity contribution is 5.81. The molecule has 0 bridgehead atoms. The predicted octanol–water partition coefficient (Wildman–Crippen LogP) is 2.18. The molecule has 106 valence electrons. The highest BCUT2D eigenvalue weighted by Gasteiger charge is 2.43. The monoisotopic (exact) mass is 266 g/mol. The Morgan fingerprint density at radius 2 is 2.17 bits per heavy atom. The first-order valence-corrected chi connectivity index (χ1v) is 6.44. The first-order valence-electron chi connectivity index (χ1n) is 6.44. The number of rotatable bonds is 4. The molecule has 0 aromatic rings. The van der Waals surface area contributed by atoms with Crippen molar-refractivity contribution in [3.63, 3.8) is 0 Å². The molecule has 1 fully saturated rings. The molecule has 0 aromatic heterocycles. The highest BCUT2D eigenvalue weighted by atomic mass is 19.4. The van der Waals surface area contributed by atoms with Crippen molar-refractivity contribution in [2.75, 3.05) is 19.6 Å². The molecule has 3 nitrogen and oxygen atoms in total. The van der Waals surface area contributed by atoms with Crippen molar-refractivity contribution in [1.82, 2.24) is 10.2 Å². The van der Waals surface area contributed by atoms with Gasteiger partial charge in [-0.15, -0.1) is 0 Å². The van der Waals surface area contributed by atoms with Crippen molar-refractivity contribution < 1.29 is 18.0 Å². The Morgan fingerprint density at radius 3 is 2.72 bits per heavy atom. The molecule has 1 rings (SSSR count). The molecule has 2 unspecified atom stereocenters. The summed E-state index contributed by atoms with van der Waals surface area (Å²) in [5.41, 5.74) is 0. The first kappa shape index (κ1) is 15.3. The van der Waals surface area contributed by atoms with E-state index in [2.05, 4.69) is 5.32 Å². The average molecular weight is 266 g/mol. The second kappa shape index (κ2) is 6.41. The molecule has 1 N–H and O–H groups in total. The third-order valence-electron chi connectivity index (χ3n) is 3.39. The zero-order valence-corrected chi connectivity index (χ0v) is 10.9. The maximum atomic E-state index is 12.7. The van der Waals surface area contributed by atoms with Gasteiger partial charge < -0.3 is 5.32 Å². The first-order chi connectivity index (χ1) is 8.36. The van der Waals surface area contributed by atoms with E-state index < -0.39 is 18.1 Å². The van der Waals surface area contributed by atoms with Gasteiger partial charge >= 0.3 is 6.18 Å². The zero-order valence-electron chi connectivity index (χ0n) is 10.9. The van der Waals surface area contributed by atoms with Gasteiger partial charge in [0.25, 0.3) is 0 Å². The molecule has 18 heavy (non-hydrogen) atoms. The van der Waals surface area contributed by atoms with Crippen LogP contribution in [0.3, 0.4) is 0 Å². The Bertz CT molecular complexity index is 281. The van der Waals surface area contributed by atoms with Crippen LogP contribution in [0.1, 0.15) is 33.1 Å². The minimum absolute atomic E-state index is 0.0653. The largest absolute Gasteiger partial charge is 0.393 e. The van der Waals surface area contributed by atoms with E-state index in [1.54, 1.807) is 11.8 Å². The normalized spacial score (nSPS) is 23.7. The average Bonchev–Trinajstić information content (AvgIpc) is 2.34. The van der Waals surface area contributed by atoms with Gasteiger partial charge in [0.05, 0.1) is 12.0 Å². The number of hydrogen-bond donors (Lipinski definition) is 1. The summed E-state index contributed by atoms with van der Waals surface area (Å²) >= 11 is 0. The Kier molecular flexibility index (Phi) is 5.44. The summed E-state index contributed by atoms with van der Waals surface area (Å²) in [5, 5.41) is 2.72. The van der Waals surface area contributed by atoms with Crippen LogP contribution in [0.2, 0.25) is 0 Å². The molecular formula is C12H21F3N2O. The van der Waals surface area contributed by atoms with Crippen LogP contribution in [0.5, 0.6) is 0 Å². The number of carbonyl (C=O) groups is 1.